The van der Waals surface area contributed by atoms with Crippen LogP contribution >= 0.6 is 11.6 Å². The lowest BCUT2D eigenvalue weighted by molar-refractivity contribution is -0.114. The summed E-state index contributed by atoms with van der Waals surface area (Å²) in [6, 6.07) is 17.5. The van der Waals surface area contributed by atoms with Crippen molar-refractivity contribution in [2.24, 2.45) is 5.10 Å². The smallest absolute Gasteiger partial charge is 0.337 e. The van der Waals surface area contributed by atoms with Gasteiger partial charge in [0, 0.05) is 5.56 Å². The van der Waals surface area contributed by atoms with Gasteiger partial charge in [-0.3, -0.25) is 4.79 Å². The third-order valence-corrected chi connectivity index (χ3v) is 4.96. The third kappa shape index (κ3) is 3.65. The number of carbonyl (C=O) groups is 2. The van der Waals surface area contributed by atoms with Crippen molar-refractivity contribution >= 4 is 41.0 Å². The minimum Gasteiger partial charge on any atom is -0.465 e. The van der Waals surface area contributed by atoms with Crippen LogP contribution in [0.3, 0.4) is 0 Å². The van der Waals surface area contributed by atoms with Crippen molar-refractivity contribution in [2.45, 2.75) is 6.92 Å². The zero-order valence-corrected chi connectivity index (χ0v) is 17.0. The highest BCUT2D eigenvalue weighted by atomic mass is 35.5. The van der Waals surface area contributed by atoms with Gasteiger partial charge in [-0.05, 0) is 55.5 Å². The van der Waals surface area contributed by atoms with Gasteiger partial charge in [0.2, 0.25) is 0 Å². The average Bonchev–Trinajstić information content (AvgIpc) is 3.34. The van der Waals surface area contributed by atoms with Crippen LogP contribution < -0.4 is 5.01 Å². The lowest BCUT2D eigenvalue weighted by Crippen LogP contribution is -2.21. The Balaban J connectivity index is 1.64. The monoisotopic (exact) mass is 420 g/mol. The van der Waals surface area contributed by atoms with E-state index in [1.165, 1.54) is 12.1 Å². The number of anilines is 1. The van der Waals surface area contributed by atoms with E-state index in [-0.39, 0.29) is 5.91 Å². The molecule has 2 aromatic carbocycles. The Kier molecular flexibility index (Phi) is 5.25. The van der Waals surface area contributed by atoms with Crippen molar-refractivity contribution in [3.8, 4) is 11.3 Å². The van der Waals surface area contributed by atoms with Gasteiger partial charge in [-0.1, -0.05) is 29.8 Å². The van der Waals surface area contributed by atoms with Gasteiger partial charge in [0.25, 0.3) is 5.91 Å². The lowest BCUT2D eigenvalue weighted by Gasteiger charge is -2.10. The van der Waals surface area contributed by atoms with Gasteiger partial charge in [-0.25, -0.2) is 4.79 Å². The van der Waals surface area contributed by atoms with E-state index >= 15 is 0 Å². The minimum atomic E-state index is -0.466. The molecule has 2 heterocycles. The van der Waals surface area contributed by atoms with Crippen molar-refractivity contribution in [3.05, 3.63) is 82.6 Å². The first-order valence-corrected chi connectivity index (χ1v) is 9.50. The lowest BCUT2D eigenvalue weighted by atomic mass is 10.1. The number of nitrogens with zero attached hydrogens (tertiary/aromatic N) is 2. The fourth-order valence-electron chi connectivity index (χ4n) is 3.10. The zero-order valence-electron chi connectivity index (χ0n) is 16.3. The molecule has 0 N–H and O–H groups in total. The standard InChI is InChI=1S/C23H17ClN2O4/c1-14-18(22(27)26(25-14)16-6-4-3-5-7-16)13-17-9-11-21(30-17)19-12-15(23(28)29-2)8-10-20(19)24/h3-13H,1-2H3/b18-13-. The van der Waals surface area contributed by atoms with Gasteiger partial charge < -0.3 is 9.15 Å². The molecule has 0 radical (unpaired) electrons. The average molecular weight is 421 g/mol. The molecule has 0 aliphatic carbocycles. The molecule has 0 bridgehead atoms. The maximum absolute atomic E-state index is 12.8. The highest BCUT2D eigenvalue weighted by Gasteiger charge is 2.29. The number of benzene rings is 2. The number of methoxy groups -OCH3 is 1. The molecule has 1 aliphatic rings. The Morgan fingerprint density at radius 1 is 1.13 bits per heavy atom. The van der Waals surface area contributed by atoms with E-state index in [4.69, 9.17) is 20.8 Å². The number of amides is 1. The van der Waals surface area contributed by atoms with Crippen LogP contribution in [-0.4, -0.2) is 24.7 Å². The van der Waals surface area contributed by atoms with Crippen LogP contribution in [0.25, 0.3) is 17.4 Å². The molecule has 0 atom stereocenters. The molecule has 0 saturated carbocycles. The second-order valence-electron chi connectivity index (χ2n) is 6.58. The van der Waals surface area contributed by atoms with E-state index in [9.17, 15) is 9.59 Å². The summed E-state index contributed by atoms with van der Waals surface area (Å²) in [6.07, 6.45) is 1.64. The van der Waals surface area contributed by atoms with E-state index < -0.39 is 5.97 Å². The van der Waals surface area contributed by atoms with Gasteiger partial charge in [0.05, 0.1) is 34.7 Å². The molecule has 1 amide bonds. The second kappa shape index (κ2) is 8.00. The van der Waals surface area contributed by atoms with Gasteiger partial charge >= 0.3 is 5.97 Å². The van der Waals surface area contributed by atoms with Crippen LogP contribution in [0.2, 0.25) is 5.02 Å². The molecule has 0 unspecified atom stereocenters. The summed E-state index contributed by atoms with van der Waals surface area (Å²) in [4.78, 5) is 24.6. The van der Waals surface area contributed by atoms with Crippen molar-refractivity contribution in [3.63, 3.8) is 0 Å². The number of halogens is 1. The molecule has 150 valence electrons. The minimum absolute atomic E-state index is 0.234. The van der Waals surface area contributed by atoms with Gasteiger partial charge in [-0.15, -0.1) is 0 Å². The summed E-state index contributed by atoms with van der Waals surface area (Å²) in [5.74, 6) is 0.239. The molecule has 0 saturated heterocycles. The number of carbonyl (C=O) groups excluding carboxylic acids is 2. The Morgan fingerprint density at radius 3 is 2.63 bits per heavy atom. The van der Waals surface area contributed by atoms with Crippen molar-refractivity contribution < 1.29 is 18.7 Å². The van der Waals surface area contributed by atoms with E-state index in [0.29, 0.717) is 44.6 Å². The molecular formula is C23H17ClN2O4. The van der Waals surface area contributed by atoms with Gasteiger partial charge in [0.1, 0.15) is 11.5 Å². The van der Waals surface area contributed by atoms with Crippen LogP contribution in [0.15, 0.2) is 75.8 Å². The molecule has 0 fully saturated rings. The molecule has 6 nitrogen and oxygen atoms in total. The maximum Gasteiger partial charge on any atom is 0.337 e. The summed E-state index contributed by atoms with van der Waals surface area (Å²) in [5.41, 5.74) is 2.64. The zero-order chi connectivity index (χ0) is 21.3. The Labute approximate surface area is 178 Å². The Bertz CT molecular complexity index is 1190. The number of rotatable bonds is 4. The molecule has 1 aliphatic heterocycles. The number of hydrogen-bond acceptors (Lipinski definition) is 5. The Hall–Kier alpha value is -3.64. The first kappa shape index (κ1) is 19.7. The van der Waals surface area contributed by atoms with Crippen LogP contribution in [0.1, 0.15) is 23.0 Å². The van der Waals surface area contributed by atoms with Crippen LogP contribution in [0, 0.1) is 0 Å². The largest absolute Gasteiger partial charge is 0.465 e. The summed E-state index contributed by atoms with van der Waals surface area (Å²) in [5, 5.41) is 6.15. The number of para-hydroxylation sites is 1. The fourth-order valence-corrected chi connectivity index (χ4v) is 3.32. The molecule has 30 heavy (non-hydrogen) atoms. The molecule has 0 spiro atoms. The molecule has 3 aromatic rings. The number of esters is 1. The summed E-state index contributed by atoms with van der Waals surface area (Å²) >= 11 is 6.28. The Morgan fingerprint density at radius 2 is 1.90 bits per heavy atom. The predicted molar refractivity (Wildman–Crippen MR) is 116 cm³/mol. The highest BCUT2D eigenvalue weighted by Crippen LogP contribution is 2.32. The fraction of sp³-hybridized carbons (Fsp3) is 0.0870. The highest BCUT2D eigenvalue weighted by molar-refractivity contribution is 6.33. The molecular weight excluding hydrogens is 404 g/mol. The third-order valence-electron chi connectivity index (χ3n) is 4.63. The van der Waals surface area contributed by atoms with E-state index in [0.717, 1.165) is 0 Å². The van der Waals surface area contributed by atoms with Crippen molar-refractivity contribution in [1.82, 2.24) is 0 Å². The second-order valence-corrected chi connectivity index (χ2v) is 6.99. The summed E-state index contributed by atoms with van der Waals surface area (Å²) < 4.78 is 10.6. The number of hydrogen-bond donors (Lipinski definition) is 0. The van der Waals surface area contributed by atoms with E-state index in [1.807, 2.05) is 30.3 Å². The quantitative estimate of drug-likeness (QED) is 0.430. The molecule has 1 aromatic heterocycles. The van der Waals surface area contributed by atoms with Crippen LogP contribution in [0.5, 0.6) is 0 Å². The van der Waals surface area contributed by atoms with Crippen molar-refractivity contribution in [2.75, 3.05) is 12.1 Å². The van der Waals surface area contributed by atoms with E-state index in [2.05, 4.69) is 5.10 Å². The predicted octanol–water partition coefficient (Wildman–Crippen LogP) is 5.19. The number of hydrazone groups is 1. The number of furan rings is 1. The van der Waals surface area contributed by atoms with Gasteiger partial charge in [-0.2, -0.15) is 10.1 Å². The maximum atomic E-state index is 12.8. The van der Waals surface area contributed by atoms with Crippen LogP contribution in [-0.2, 0) is 9.53 Å². The van der Waals surface area contributed by atoms with Crippen molar-refractivity contribution in [1.29, 1.82) is 0 Å². The number of ether oxygens (including phenoxy) is 1. The normalized spacial score (nSPS) is 14.9. The molecule has 7 heteroatoms. The van der Waals surface area contributed by atoms with Crippen LogP contribution in [0.4, 0.5) is 5.69 Å². The SMILES string of the molecule is COC(=O)c1ccc(Cl)c(-c2ccc(/C=C3\C(=O)N(c4ccccc4)N=C3C)o2)c1. The molecule has 4 rings (SSSR count). The summed E-state index contributed by atoms with van der Waals surface area (Å²) in [6.45, 7) is 1.77. The van der Waals surface area contributed by atoms with E-state index in [1.54, 1.807) is 43.3 Å². The first-order valence-electron chi connectivity index (χ1n) is 9.13. The summed E-state index contributed by atoms with van der Waals surface area (Å²) in [7, 11) is 1.31. The first-order chi connectivity index (χ1) is 14.5. The van der Waals surface area contributed by atoms with Gasteiger partial charge in [0.15, 0.2) is 0 Å². The topological polar surface area (TPSA) is 72.1 Å².